The van der Waals surface area contributed by atoms with Crippen molar-refractivity contribution in [3.05, 3.63) is 40.8 Å². The van der Waals surface area contributed by atoms with E-state index in [1.54, 1.807) is 32.0 Å². The lowest BCUT2D eigenvalue weighted by Crippen LogP contribution is -2.16. The number of aromatic nitrogens is 4. The molecule has 8 nitrogen and oxygen atoms in total. The van der Waals surface area contributed by atoms with E-state index in [9.17, 15) is 12.8 Å². The topological polar surface area (TPSA) is 98.5 Å². The van der Waals surface area contributed by atoms with Crippen LogP contribution in [0.4, 0.5) is 10.1 Å². The molecule has 0 amide bonds. The molecule has 1 aromatic carbocycles. The van der Waals surface area contributed by atoms with Crippen LogP contribution < -0.4 is 9.46 Å². The number of ether oxygens (including phenoxy) is 1. The van der Waals surface area contributed by atoms with Gasteiger partial charge in [-0.05, 0) is 25.5 Å². The van der Waals surface area contributed by atoms with Gasteiger partial charge in [0, 0.05) is 6.07 Å². The van der Waals surface area contributed by atoms with Crippen LogP contribution in [0.2, 0.25) is 5.02 Å². The first kappa shape index (κ1) is 17.4. The first-order chi connectivity index (χ1) is 11.8. The highest BCUT2D eigenvalue weighted by molar-refractivity contribution is 7.92. The molecule has 0 unspecified atom stereocenters. The summed E-state index contributed by atoms with van der Waals surface area (Å²) in [6, 6.07) is 5.71. The van der Waals surface area contributed by atoms with E-state index in [2.05, 4.69) is 19.8 Å². The van der Waals surface area contributed by atoms with Gasteiger partial charge in [-0.1, -0.05) is 23.7 Å². The molecule has 0 aliphatic heterocycles. The zero-order chi connectivity index (χ0) is 18.2. The fourth-order valence-electron chi connectivity index (χ4n) is 2.09. The zero-order valence-electron chi connectivity index (χ0n) is 13.2. The Morgan fingerprint density at radius 1 is 1.36 bits per heavy atom. The summed E-state index contributed by atoms with van der Waals surface area (Å²) in [5.74, 6) is -0.859. The van der Waals surface area contributed by atoms with E-state index in [0.717, 1.165) is 10.6 Å². The van der Waals surface area contributed by atoms with Crippen molar-refractivity contribution in [3.63, 3.8) is 0 Å². The number of para-hydroxylation sites is 1. The maximum absolute atomic E-state index is 13.5. The van der Waals surface area contributed by atoms with Crippen LogP contribution in [-0.4, -0.2) is 34.6 Å². The Morgan fingerprint density at radius 3 is 2.80 bits per heavy atom. The van der Waals surface area contributed by atoms with Gasteiger partial charge in [0.15, 0.2) is 5.65 Å². The van der Waals surface area contributed by atoms with Crippen LogP contribution in [0.25, 0.3) is 5.65 Å². The van der Waals surface area contributed by atoms with Gasteiger partial charge in [0.2, 0.25) is 5.95 Å². The van der Waals surface area contributed by atoms with Crippen LogP contribution in [0.15, 0.2) is 29.4 Å². The molecular formula is C14H13ClFN5O3S. The van der Waals surface area contributed by atoms with Gasteiger partial charge in [0.05, 0.1) is 17.3 Å². The van der Waals surface area contributed by atoms with Crippen molar-refractivity contribution >= 4 is 33.0 Å². The van der Waals surface area contributed by atoms with Gasteiger partial charge in [-0.3, -0.25) is 4.72 Å². The van der Waals surface area contributed by atoms with Crippen molar-refractivity contribution in [1.82, 2.24) is 19.6 Å². The SMILES string of the molecule is CCOc1nc(F)cc2nc(S(=O)(=O)Nc3c(C)cccc3Cl)nn12. The highest BCUT2D eigenvalue weighted by Crippen LogP contribution is 2.27. The lowest BCUT2D eigenvalue weighted by atomic mass is 10.2. The molecule has 0 saturated carbocycles. The third-order valence-electron chi connectivity index (χ3n) is 3.22. The van der Waals surface area contributed by atoms with Crippen LogP contribution in [0.5, 0.6) is 6.01 Å². The van der Waals surface area contributed by atoms with Gasteiger partial charge < -0.3 is 4.74 Å². The molecule has 132 valence electrons. The van der Waals surface area contributed by atoms with E-state index in [1.807, 2.05) is 0 Å². The summed E-state index contributed by atoms with van der Waals surface area (Å²) in [5.41, 5.74) is 0.798. The van der Waals surface area contributed by atoms with Crippen molar-refractivity contribution in [1.29, 1.82) is 0 Å². The Balaban J connectivity index is 2.07. The Kier molecular flexibility index (Phi) is 4.48. The number of sulfonamides is 1. The molecule has 0 aliphatic rings. The molecule has 2 aromatic heterocycles. The van der Waals surface area contributed by atoms with Crippen molar-refractivity contribution in [2.45, 2.75) is 19.0 Å². The molecule has 0 saturated heterocycles. The smallest absolute Gasteiger partial charge is 0.322 e. The zero-order valence-corrected chi connectivity index (χ0v) is 14.8. The Labute approximate surface area is 147 Å². The maximum Gasteiger partial charge on any atom is 0.322 e. The second-order valence-corrected chi connectivity index (χ2v) is 6.98. The quantitative estimate of drug-likeness (QED) is 0.677. The van der Waals surface area contributed by atoms with E-state index in [0.29, 0.717) is 5.56 Å². The summed E-state index contributed by atoms with van der Waals surface area (Å²) in [5, 5.41) is 3.53. The summed E-state index contributed by atoms with van der Waals surface area (Å²) >= 11 is 6.04. The number of aryl methyl sites for hydroxylation is 1. The van der Waals surface area contributed by atoms with Gasteiger partial charge in [0.1, 0.15) is 0 Å². The molecule has 0 bridgehead atoms. The van der Waals surface area contributed by atoms with Gasteiger partial charge in [0.25, 0.3) is 15.2 Å². The lowest BCUT2D eigenvalue weighted by molar-refractivity contribution is 0.296. The summed E-state index contributed by atoms with van der Waals surface area (Å²) in [6.07, 6.45) is 0. The van der Waals surface area contributed by atoms with E-state index in [1.165, 1.54) is 0 Å². The Morgan fingerprint density at radius 2 is 2.12 bits per heavy atom. The van der Waals surface area contributed by atoms with Crippen molar-refractivity contribution in [2.24, 2.45) is 0 Å². The maximum atomic E-state index is 13.5. The lowest BCUT2D eigenvalue weighted by Gasteiger charge is -2.09. The molecule has 0 aliphatic carbocycles. The molecule has 2 heterocycles. The van der Waals surface area contributed by atoms with Gasteiger partial charge in [-0.2, -0.15) is 27.3 Å². The van der Waals surface area contributed by atoms with Crippen molar-refractivity contribution in [3.8, 4) is 6.01 Å². The average Bonchev–Trinajstić information content (AvgIpc) is 2.96. The molecule has 0 radical (unpaired) electrons. The number of nitrogens with one attached hydrogen (secondary N) is 1. The minimum Gasteiger partial charge on any atom is -0.464 e. The molecule has 0 spiro atoms. The van der Waals surface area contributed by atoms with Gasteiger partial charge in [-0.15, -0.1) is 5.10 Å². The third kappa shape index (κ3) is 3.35. The van der Waals surface area contributed by atoms with Crippen molar-refractivity contribution < 1.29 is 17.5 Å². The summed E-state index contributed by atoms with van der Waals surface area (Å²) in [6.45, 7) is 3.58. The number of fused-ring (bicyclic) bond motifs is 1. The van der Waals surface area contributed by atoms with Crippen LogP contribution >= 0.6 is 11.6 Å². The van der Waals surface area contributed by atoms with Gasteiger partial charge in [-0.25, -0.2) is 0 Å². The predicted molar refractivity (Wildman–Crippen MR) is 88.9 cm³/mol. The van der Waals surface area contributed by atoms with E-state index in [4.69, 9.17) is 16.3 Å². The second kappa shape index (κ2) is 6.45. The fraction of sp³-hybridized carbons (Fsp3) is 0.214. The number of hydrogen-bond acceptors (Lipinski definition) is 6. The Bertz CT molecular complexity index is 1030. The molecular weight excluding hydrogens is 373 g/mol. The van der Waals surface area contributed by atoms with Gasteiger partial charge >= 0.3 is 6.01 Å². The summed E-state index contributed by atoms with van der Waals surface area (Å²) in [4.78, 5) is 7.38. The first-order valence-corrected chi connectivity index (χ1v) is 9.02. The van der Waals surface area contributed by atoms with E-state index >= 15 is 0 Å². The number of halogens is 2. The first-order valence-electron chi connectivity index (χ1n) is 7.16. The number of benzene rings is 1. The normalized spacial score (nSPS) is 11.7. The molecule has 11 heteroatoms. The van der Waals surface area contributed by atoms with Crippen LogP contribution in [0.1, 0.15) is 12.5 Å². The largest absolute Gasteiger partial charge is 0.464 e. The van der Waals surface area contributed by atoms with Crippen LogP contribution in [-0.2, 0) is 10.0 Å². The minimum atomic E-state index is -4.15. The summed E-state index contributed by atoms with van der Waals surface area (Å²) in [7, 11) is -4.15. The number of rotatable bonds is 5. The molecule has 0 atom stereocenters. The average molecular weight is 386 g/mol. The summed E-state index contributed by atoms with van der Waals surface area (Å²) < 4.78 is 47.2. The predicted octanol–water partition coefficient (Wildman–Crippen LogP) is 2.42. The minimum absolute atomic E-state index is 0.0489. The highest BCUT2D eigenvalue weighted by atomic mass is 35.5. The number of anilines is 1. The standard InChI is InChI=1S/C14H13ClFN5O3S/c1-3-24-14-17-10(16)7-11-18-13(19-21(11)14)25(22,23)20-12-8(2)5-4-6-9(12)15/h4-7,20H,3H2,1-2H3. The van der Waals surface area contributed by atoms with E-state index in [-0.39, 0.29) is 29.0 Å². The monoisotopic (exact) mass is 385 g/mol. The van der Waals surface area contributed by atoms with Crippen molar-refractivity contribution in [2.75, 3.05) is 11.3 Å². The molecule has 0 fully saturated rings. The molecule has 1 N–H and O–H groups in total. The third-order valence-corrected chi connectivity index (χ3v) is 4.66. The Hall–Kier alpha value is -2.46. The second-order valence-electron chi connectivity index (χ2n) is 5.00. The van der Waals surface area contributed by atoms with Crippen LogP contribution in [0, 0.1) is 12.9 Å². The fourth-order valence-corrected chi connectivity index (χ4v) is 3.45. The number of nitrogens with zero attached hydrogens (tertiary/aromatic N) is 4. The molecule has 3 aromatic rings. The number of hydrogen-bond donors (Lipinski definition) is 1. The van der Waals surface area contributed by atoms with E-state index < -0.39 is 21.1 Å². The van der Waals surface area contributed by atoms with Crippen LogP contribution in [0.3, 0.4) is 0 Å². The highest BCUT2D eigenvalue weighted by Gasteiger charge is 2.24. The molecule has 25 heavy (non-hydrogen) atoms. The molecule has 3 rings (SSSR count).